The summed E-state index contributed by atoms with van der Waals surface area (Å²) in [5.41, 5.74) is 1.13. The lowest BCUT2D eigenvalue weighted by Crippen LogP contribution is -2.33. The molecule has 0 bridgehead atoms. The van der Waals surface area contributed by atoms with Gasteiger partial charge in [-0.3, -0.25) is 4.79 Å². The number of thiazole rings is 1. The molecule has 1 N–H and O–H groups in total. The van der Waals surface area contributed by atoms with Crippen LogP contribution in [-0.4, -0.2) is 29.5 Å². The van der Waals surface area contributed by atoms with Crippen LogP contribution < -0.4 is 5.32 Å². The first-order valence-electron chi connectivity index (χ1n) is 6.99. The minimum absolute atomic E-state index is 0.0204. The molecule has 1 heterocycles. The summed E-state index contributed by atoms with van der Waals surface area (Å²) in [7, 11) is 0. The number of aromatic nitrogens is 1. The number of nitrogens with zero attached hydrogens (tertiary/aromatic N) is 1. The van der Waals surface area contributed by atoms with Crippen LogP contribution in [0.3, 0.4) is 0 Å². The lowest BCUT2D eigenvalue weighted by Gasteiger charge is -2.07. The van der Waals surface area contributed by atoms with Gasteiger partial charge >= 0.3 is 5.97 Å². The van der Waals surface area contributed by atoms with Crippen LogP contribution in [0.25, 0.3) is 0 Å². The van der Waals surface area contributed by atoms with Crippen LogP contribution in [0, 0.1) is 0 Å². The largest absolute Gasteiger partial charge is 0.451 e. The SMILES string of the molecule is CC(C)NC(=O)COC(=O)c1cnc(Cc2ccccc2)s1. The predicted octanol–water partition coefficient (Wildman–Crippen LogP) is 2.42. The smallest absolute Gasteiger partial charge is 0.350 e. The Morgan fingerprint density at radius 2 is 2.00 bits per heavy atom. The second kappa shape index (κ2) is 7.70. The Morgan fingerprint density at radius 1 is 1.27 bits per heavy atom. The summed E-state index contributed by atoms with van der Waals surface area (Å²) in [4.78, 5) is 27.9. The van der Waals surface area contributed by atoms with E-state index in [0.29, 0.717) is 11.3 Å². The molecule has 0 aliphatic heterocycles. The number of esters is 1. The molecule has 6 heteroatoms. The topological polar surface area (TPSA) is 68.3 Å². The third-order valence-electron chi connectivity index (χ3n) is 2.74. The number of nitrogens with one attached hydrogen (secondary N) is 1. The summed E-state index contributed by atoms with van der Waals surface area (Å²) in [6, 6.07) is 9.92. The number of carbonyl (C=O) groups excluding carboxylic acids is 2. The van der Waals surface area contributed by atoms with Gasteiger partial charge in [0, 0.05) is 12.5 Å². The molecule has 0 radical (unpaired) electrons. The van der Waals surface area contributed by atoms with Crippen LogP contribution in [0.5, 0.6) is 0 Å². The van der Waals surface area contributed by atoms with Crippen LogP contribution >= 0.6 is 11.3 Å². The quantitative estimate of drug-likeness (QED) is 0.831. The average Bonchev–Trinajstić information content (AvgIpc) is 2.94. The van der Waals surface area contributed by atoms with E-state index >= 15 is 0 Å². The first kappa shape index (κ1) is 16.2. The summed E-state index contributed by atoms with van der Waals surface area (Å²) >= 11 is 1.28. The van der Waals surface area contributed by atoms with Crippen molar-refractivity contribution in [2.75, 3.05) is 6.61 Å². The molecule has 1 amide bonds. The van der Waals surface area contributed by atoms with Gasteiger partial charge in [0.15, 0.2) is 6.61 Å². The van der Waals surface area contributed by atoms with Gasteiger partial charge in [0.1, 0.15) is 4.88 Å². The predicted molar refractivity (Wildman–Crippen MR) is 84.9 cm³/mol. The highest BCUT2D eigenvalue weighted by molar-refractivity contribution is 7.13. The number of amides is 1. The molecule has 0 fully saturated rings. The van der Waals surface area contributed by atoms with Crippen LogP contribution in [-0.2, 0) is 16.0 Å². The van der Waals surface area contributed by atoms with Crippen LogP contribution in [0.1, 0.15) is 34.1 Å². The molecule has 5 nitrogen and oxygen atoms in total. The van der Waals surface area contributed by atoms with E-state index in [4.69, 9.17) is 4.74 Å². The minimum atomic E-state index is -0.518. The Kier molecular flexibility index (Phi) is 5.66. The Balaban J connectivity index is 1.88. The summed E-state index contributed by atoms with van der Waals surface area (Å²) in [6.45, 7) is 3.42. The van der Waals surface area contributed by atoms with Crippen molar-refractivity contribution in [2.24, 2.45) is 0 Å². The molecule has 2 aromatic rings. The minimum Gasteiger partial charge on any atom is -0.451 e. The average molecular weight is 318 g/mol. The van der Waals surface area contributed by atoms with Crippen molar-refractivity contribution in [3.63, 3.8) is 0 Å². The van der Waals surface area contributed by atoms with Gasteiger partial charge in [0.05, 0.1) is 11.2 Å². The Labute approximate surface area is 133 Å². The fourth-order valence-electron chi connectivity index (χ4n) is 1.82. The van der Waals surface area contributed by atoms with E-state index in [-0.39, 0.29) is 18.6 Å². The molecule has 0 spiro atoms. The maximum absolute atomic E-state index is 11.9. The van der Waals surface area contributed by atoms with Gasteiger partial charge < -0.3 is 10.1 Å². The van der Waals surface area contributed by atoms with Crippen molar-refractivity contribution < 1.29 is 14.3 Å². The molecule has 22 heavy (non-hydrogen) atoms. The molecule has 0 aliphatic carbocycles. The fraction of sp³-hybridized carbons (Fsp3) is 0.312. The Hall–Kier alpha value is -2.21. The molecule has 0 unspecified atom stereocenters. The molecular weight excluding hydrogens is 300 g/mol. The van der Waals surface area contributed by atoms with E-state index < -0.39 is 5.97 Å². The zero-order chi connectivity index (χ0) is 15.9. The molecule has 0 saturated heterocycles. The molecule has 2 rings (SSSR count). The maximum Gasteiger partial charge on any atom is 0.350 e. The van der Waals surface area contributed by atoms with Gasteiger partial charge in [-0.15, -0.1) is 11.3 Å². The van der Waals surface area contributed by atoms with Gasteiger partial charge in [-0.25, -0.2) is 9.78 Å². The third-order valence-corrected chi connectivity index (χ3v) is 3.71. The molecular formula is C16H18N2O3S. The molecule has 116 valence electrons. The summed E-state index contributed by atoms with van der Waals surface area (Å²) in [5, 5.41) is 3.50. The van der Waals surface area contributed by atoms with Crippen molar-refractivity contribution >= 4 is 23.2 Å². The number of hydrogen-bond acceptors (Lipinski definition) is 5. The zero-order valence-electron chi connectivity index (χ0n) is 12.5. The summed E-state index contributed by atoms with van der Waals surface area (Å²) in [5.74, 6) is -0.826. The van der Waals surface area contributed by atoms with Gasteiger partial charge in [0.2, 0.25) is 0 Å². The van der Waals surface area contributed by atoms with Gasteiger partial charge in [0.25, 0.3) is 5.91 Å². The van der Waals surface area contributed by atoms with Gasteiger partial charge in [-0.1, -0.05) is 30.3 Å². The number of benzene rings is 1. The molecule has 0 aliphatic rings. The van der Waals surface area contributed by atoms with Crippen molar-refractivity contribution in [3.8, 4) is 0 Å². The van der Waals surface area contributed by atoms with E-state index in [1.165, 1.54) is 17.5 Å². The van der Waals surface area contributed by atoms with Crippen molar-refractivity contribution in [1.29, 1.82) is 0 Å². The van der Waals surface area contributed by atoms with Crippen LogP contribution in [0.15, 0.2) is 36.5 Å². The summed E-state index contributed by atoms with van der Waals surface area (Å²) in [6.07, 6.45) is 2.16. The maximum atomic E-state index is 11.9. The number of ether oxygens (including phenoxy) is 1. The second-order valence-corrected chi connectivity index (χ2v) is 6.19. The van der Waals surface area contributed by atoms with E-state index in [0.717, 1.165) is 10.6 Å². The highest BCUT2D eigenvalue weighted by atomic mass is 32.1. The standard InChI is InChI=1S/C16H18N2O3S/c1-11(2)18-14(19)10-21-16(20)13-9-17-15(22-13)8-12-6-4-3-5-7-12/h3-7,9,11H,8,10H2,1-2H3,(H,18,19). The van der Waals surface area contributed by atoms with Crippen molar-refractivity contribution in [2.45, 2.75) is 26.3 Å². The van der Waals surface area contributed by atoms with Crippen molar-refractivity contribution in [1.82, 2.24) is 10.3 Å². The second-order valence-electron chi connectivity index (χ2n) is 5.08. The molecule has 0 atom stereocenters. The number of rotatable bonds is 6. The van der Waals surface area contributed by atoms with Crippen molar-refractivity contribution in [3.05, 3.63) is 52.0 Å². The highest BCUT2D eigenvalue weighted by Gasteiger charge is 2.14. The normalized spacial score (nSPS) is 10.5. The third kappa shape index (κ3) is 4.96. The van der Waals surface area contributed by atoms with E-state index in [1.54, 1.807) is 0 Å². The lowest BCUT2D eigenvalue weighted by atomic mass is 10.2. The Bertz CT molecular complexity index is 638. The molecule has 0 saturated carbocycles. The number of carbonyl (C=O) groups is 2. The first-order valence-corrected chi connectivity index (χ1v) is 7.81. The van der Waals surface area contributed by atoms with E-state index in [1.807, 2.05) is 44.2 Å². The Morgan fingerprint density at radius 3 is 2.68 bits per heavy atom. The molecule has 1 aromatic carbocycles. The van der Waals surface area contributed by atoms with E-state index in [9.17, 15) is 9.59 Å². The van der Waals surface area contributed by atoms with Gasteiger partial charge in [-0.2, -0.15) is 0 Å². The van der Waals surface area contributed by atoms with Gasteiger partial charge in [-0.05, 0) is 19.4 Å². The first-order chi connectivity index (χ1) is 10.5. The monoisotopic (exact) mass is 318 g/mol. The lowest BCUT2D eigenvalue weighted by molar-refractivity contribution is -0.124. The zero-order valence-corrected chi connectivity index (χ0v) is 13.4. The molecule has 1 aromatic heterocycles. The van der Waals surface area contributed by atoms with E-state index in [2.05, 4.69) is 10.3 Å². The highest BCUT2D eigenvalue weighted by Crippen LogP contribution is 2.17. The van der Waals surface area contributed by atoms with Crippen LogP contribution in [0.4, 0.5) is 0 Å². The van der Waals surface area contributed by atoms with Crippen LogP contribution in [0.2, 0.25) is 0 Å². The number of hydrogen-bond donors (Lipinski definition) is 1. The summed E-state index contributed by atoms with van der Waals surface area (Å²) < 4.78 is 4.97. The fourth-order valence-corrected chi connectivity index (χ4v) is 2.67.